The fourth-order valence-electron chi connectivity index (χ4n) is 1.41. The molecular formula is C12H20O4. The fraction of sp³-hybridized carbons (Fsp3) is 0.667. The molecule has 0 aromatic heterocycles. The molecule has 0 aliphatic carbocycles. The van der Waals surface area contributed by atoms with E-state index in [0.717, 1.165) is 31.8 Å². The summed E-state index contributed by atoms with van der Waals surface area (Å²) in [6, 6.07) is 0. The molecule has 1 N–H and O–H groups in total. The average Bonchev–Trinajstić information content (AvgIpc) is 2.23. The molecule has 0 amide bonds. The summed E-state index contributed by atoms with van der Waals surface area (Å²) in [7, 11) is 0. The summed E-state index contributed by atoms with van der Waals surface area (Å²) in [6.07, 6.45) is 5.16. The molecule has 0 heterocycles. The van der Waals surface area contributed by atoms with Crippen LogP contribution in [0.2, 0.25) is 0 Å². The van der Waals surface area contributed by atoms with Crippen molar-refractivity contribution in [1.29, 1.82) is 0 Å². The molecule has 0 saturated heterocycles. The van der Waals surface area contributed by atoms with Gasteiger partial charge in [0.15, 0.2) is 0 Å². The maximum atomic E-state index is 11.0. The highest BCUT2D eigenvalue weighted by Gasteiger charge is 2.16. The Morgan fingerprint density at radius 2 is 2.06 bits per heavy atom. The highest BCUT2D eigenvalue weighted by atomic mass is 16.5. The number of hydrogen-bond donors (Lipinski definition) is 1. The monoisotopic (exact) mass is 228 g/mol. The van der Waals surface area contributed by atoms with Crippen LogP contribution in [0.25, 0.3) is 0 Å². The number of carbonyl (C=O) groups excluding carboxylic acids is 1. The SMILES string of the molecule is C=CC(=O)OC(CCCCCC)CC(=O)O. The van der Waals surface area contributed by atoms with Crippen molar-refractivity contribution in [1.82, 2.24) is 0 Å². The Morgan fingerprint density at radius 1 is 1.38 bits per heavy atom. The maximum Gasteiger partial charge on any atom is 0.330 e. The van der Waals surface area contributed by atoms with Gasteiger partial charge in [0, 0.05) is 6.08 Å². The van der Waals surface area contributed by atoms with Crippen LogP contribution in [0.4, 0.5) is 0 Å². The number of carboxylic acids is 1. The molecule has 0 radical (unpaired) electrons. The van der Waals surface area contributed by atoms with E-state index in [4.69, 9.17) is 9.84 Å². The zero-order valence-electron chi connectivity index (χ0n) is 9.78. The van der Waals surface area contributed by atoms with Crippen LogP contribution in [-0.4, -0.2) is 23.1 Å². The zero-order chi connectivity index (χ0) is 12.4. The van der Waals surface area contributed by atoms with Gasteiger partial charge >= 0.3 is 11.9 Å². The zero-order valence-corrected chi connectivity index (χ0v) is 9.78. The molecule has 0 saturated carbocycles. The topological polar surface area (TPSA) is 63.6 Å². The second-order valence-corrected chi connectivity index (χ2v) is 3.71. The van der Waals surface area contributed by atoms with Gasteiger partial charge in [-0.15, -0.1) is 0 Å². The molecule has 16 heavy (non-hydrogen) atoms. The molecular weight excluding hydrogens is 208 g/mol. The number of aliphatic carboxylic acids is 1. The van der Waals surface area contributed by atoms with Gasteiger partial charge in [0.05, 0.1) is 6.42 Å². The first-order chi connectivity index (χ1) is 7.60. The molecule has 4 heteroatoms. The standard InChI is InChI=1S/C12H20O4/c1-3-5-6-7-8-10(9-11(13)14)16-12(15)4-2/h4,10H,2-3,5-9H2,1H3,(H,13,14). The van der Waals surface area contributed by atoms with E-state index in [1.807, 2.05) is 0 Å². The molecule has 0 aromatic rings. The quantitative estimate of drug-likeness (QED) is 0.374. The van der Waals surface area contributed by atoms with Crippen LogP contribution in [-0.2, 0) is 14.3 Å². The van der Waals surface area contributed by atoms with Gasteiger partial charge in [0.25, 0.3) is 0 Å². The first kappa shape index (κ1) is 14.7. The van der Waals surface area contributed by atoms with E-state index in [1.54, 1.807) is 0 Å². The molecule has 0 spiro atoms. The average molecular weight is 228 g/mol. The van der Waals surface area contributed by atoms with E-state index >= 15 is 0 Å². The molecule has 0 fully saturated rings. The van der Waals surface area contributed by atoms with Crippen LogP contribution in [0.1, 0.15) is 45.4 Å². The number of rotatable bonds is 9. The van der Waals surface area contributed by atoms with E-state index in [9.17, 15) is 9.59 Å². The molecule has 92 valence electrons. The van der Waals surface area contributed by atoms with Crippen molar-refractivity contribution < 1.29 is 19.4 Å². The van der Waals surface area contributed by atoms with Crippen LogP contribution in [0.5, 0.6) is 0 Å². The number of carbonyl (C=O) groups is 2. The first-order valence-electron chi connectivity index (χ1n) is 5.65. The predicted molar refractivity (Wildman–Crippen MR) is 61.1 cm³/mol. The summed E-state index contributed by atoms with van der Waals surface area (Å²) in [5, 5.41) is 8.66. The number of carboxylic acid groups (broad SMARTS) is 1. The first-order valence-corrected chi connectivity index (χ1v) is 5.65. The highest BCUT2D eigenvalue weighted by molar-refractivity contribution is 5.81. The molecule has 1 unspecified atom stereocenters. The Hall–Kier alpha value is -1.32. The molecule has 0 bridgehead atoms. The lowest BCUT2D eigenvalue weighted by Crippen LogP contribution is -2.20. The van der Waals surface area contributed by atoms with Crippen molar-refractivity contribution >= 4 is 11.9 Å². The molecule has 1 atom stereocenters. The lowest BCUT2D eigenvalue weighted by atomic mass is 10.1. The largest absolute Gasteiger partial charge is 0.481 e. The Balaban J connectivity index is 3.94. The van der Waals surface area contributed by atoms with Crippen LogP contribution in [0.15, 0.2) is 12.7 Å². The van der Waals surface area contributed by atoms with Crippen LogP contribution >= 0.6 is 0 Å². The van der Waals surface area contributed by atoms with E-state index in [1.165, 1.54) is 0 Å². The van der Waals surface area contributed by atoms with Gasteiger partial charge in [-0.25, -0.2) is 4.79 Å². The fourth-order valence-corrected chi connectivity index (χ4v) is 1.41. The normalized spacial score (nSPS) is 11.8. The Kier molecular flexibility index (Phi) is 8.21. The number of hydrogen-bond acceptors (Lipinski definition) is 3. The lowest BCUT2D eigenvalue weighted by molar-refractivity contribution is -0.148. The smallest absolute Gasteiger partial charge is 0.330 e. The summed E-state index contributed by atoms with van der Waals surface area (Å²) < 4.78 is 4.95. The van der Waals surface area contributed by atoms with Crippen molar-refractivity contribution in [2.75, 3.05) is 0 Å². The summed E-state index contributed by atoms with van der Waals surface area (Å²) in [5.41, 5.74) is 0. The number of unbranched alkanes of at least 4 members (excludes halogenated alkanes) is 3. The molecule has 0 aliphatic heterocycles. The molecule has 0 aromatic carbocycles. The van der Waals surface area contributed by atoms with E-state index in [2.05, 4.69) is 13.5 Å². The van der Waals surface area contributed by atoms with Crippen molar-refractivity contribution in [2.45, 2.75) is 51.6 Å². The summed E-state index contributed by atoms with van der Waals surface area (Å²) in [6.45, 7) is 5.38. The summed E-state index contributed by atoms with van der Waals surface area (Å²) in [5.74, 6) is -1.50. The van der Waals surface area contributed by atoms with Gasteiger partial charge in [-0.05, 0) is 12.8 Å². The predicted octanol–water partition coefficient (Wildman–Crippen LogP) is 2.53. The Labute approximate surface area is 96.3 Å². The summed E-state index contributed by atoms with van der Waals surface area (Å²) in [4.78, 5) is 21.5. The minimum absolute atomic E-state index is 0.133. The number of esters is 1. The second-order valence-electron chi connectivity index (χ2n) is 3.71. The minimum atomic E-state index is -0.947. The van der Waals surface area contributed by atoms with Gasteiger partial charge in [-0.1, -0.05) is 32.8 Å². The second kappa shape index (κ2) is 8.95. The minimum Gasteiger partial charge on any atom is -0.481 e. The van der Waals surface area contributed by atoms with Crippen LogP contribution in [0, 0.1) is 0 Å². The number of ether oxygens (including phenoxy) is 1. The third-order valence-electron chi connectivity index (χ3n) is 2.23. The van der Waals surface area contributed by atoms with Crippen molar-refractivity contribution in [3.63, 3.8) is 0 Å². The molecule has 0 aliphatic rings. The van der Waals surface area contributed by atoms with Crippen molar-refractivity contribution in [3.05, 3.63) is 12.7 Å². The van der Waals surface area contributed by atoms with E-state index in [-0.39, 0.29) is 6.42 Å². The van der Waals surface area contributed by atoms with Gasteiger partial charge in [0.2, 0.25) is 0 Å². The molecule has 4 nitrogen and oxygen atoms in total. The molecule has 0 rings (SSSR count). The highest BCUT2D eigenvalue weighted by Crippen LogP contribution is 2.11. The van der Waals surface area contributed by atoms with Crippen molar-refractivity contribution in [2.24, 2.45) is 0 Å². The summed E-state index contributed by atoms with van der Waals surface area (Å²) >= 11 is 0. The Bertz CT molecular complexity index is 235. The van der Waals surface area contributed by atoms with Crippen LogP contribution in [0.3, 0.4) is 0 Å². The van der Waals surface area contributed by atoms with Crippen molar-refractivity contribution in [3.8, 4) is 0 Å². The van der Waals surface area contributed by atoms with Gasteiger partial charge in [-0.3, -0.25) is 4.79 Å². The third-order valence-corrected chi connectivity index (χ3v) is 2.23. The third kappa shape index (κ3) is 8.03. The van der Waals surface area contributed by atoms with Gasteiger partial charge in [0.1, 0.15) is 6.10 Å². The lowest BCUT2D eigenvalue weighted by Gasteiger charge is -2.14. The van der Waals surface area contributed by atoms with Gasteiger partial charge < -0.3 is 9.84 Å². The van der Waals surface area contributed by atoms with E-state index in [0.29, 0.717) is 6.42 Å². The van der Waals surface area contributed by atoms with Crippen LogP contribution < -0.4 is 0 Å². The Morgan fingerprint density at radius 3 is 2.56 bits per heavy atom. The van der Waals surface area contributed by atoms with E-state index < -0.39 is 18.0 Å². The maximum absolute atomic E-state index is 11.0. The van der Waals surface area contributed by atoms with Gasteiger partial charge in [-0.2, -0.15) is 0 Å².